The van der Waals surface area contributed by atoms with E-state index in [4.69, 9.17) is 0 Å². The van der Waals surface area contributed by atoms with Crippen molar-refractivity contribution in [3.63, 3.8) is 0 Å². The fourth-order valence-electron chi connectivity index (χ4n) is 5.09. The Hall–Kier alpha value is -3.55. The summed E-state index contributed by atoms with van der Waals surface area (Å²) in [5, 5.41) is 3.03. The maximum absolute atomic E-state index is 14.7. The summed E-state index contributed by atoms with van der Waals surface area (Å²) in [6, 6.07) is 13.9. The van der Waals surface area contributed by atoms with Gasteiger partial charge in [-0.1, -0.05) is 50.2 Å². The van der Waals surface area contributed by atoms with E-state index in [0.717, 1.165) is 6.42 Å². The molecule has 4 amide bonds. The molecule has 8 heteroatoms. The molecule has 1 aromatic heterocycles. The molecule has 2 fully saturated rings. The van der Waals surface area contributed by atoms with Crippen molar-refractivity contribution in [2.45, 2.75) is 51.6 Å². The van der Waals surface area contributed by atoms with E-state index in [2.05, 4.69) is 24.1 Å². The lowest BCUT2D eigenvalue weighted by Gasteiger charge is -2.41. The number of carbonyl (C=O) groups excluding carboxylic acids is 3. The second-order valence-electron chi connectivity index (χ2n) is 10.0. The number of nitrogens with zero attached hydrogens (tertiary/aromatic N) is 3. The standard InChI is InChI=1S/C28H33FN4O3/c1-20(2)11-14-28(26(35)33(27(36)31-28)19-23-10-6-7-15-30-23)22-12-16-32(17-13-22)25(34)24(29)18-21-8-4-3-5-9-21/h3-10,15,18,20,22H,11-14,16-17,19H2,1-2H3,(H,31,36)/b24-18-. The zero-order valence-electron chi connectivity index (χ0n) is 20.8. The third-order valence-electron chi connectivity index (χ3n) is 7.14. The monoisotopic (exact) mass is 492 g/mol. The Balaban J connectivity index is 1.48. The van der Waals surface area contributed by atoms with E-state index in [9.17, 15) is 18.8 Å². The van der Waals surface area contributed by atoms with Gasteiger partial charge < -0.3 is 10.2 Å². The van der Waals surface area contributed by atoms with Crippen LogP contribution >= 0.6 is 0 Å². The second-order valence-corrected chi connectivity index (χ2v) is 10.0. The summed E-state index contributed by atoms with van der Waals surface area (Å²) in [6.07, 6.45) is 5.19. The molecule has 2 aromatic rings. The average molecular weight is 493 g/mol. The second kappa shape index (κ2) is 11.0. The molecule has 2 aliphatic heterocycles. The van der Waals surface area contributed by atoms with Crippen molar-refractivity contribution in [3.05, 3.63) is 71.8 Å². The summed E-state index contributed by atoms with van der Waals surface area (Å²) in [6.45, 7) is 4.94. The molecule has 0 saturated carbocycles. The minimum Gasteiger partial charge on any atom is -0.337 e. The molecule has 1 aromatic carbocycles. The van der Waals surface area contributed by atoms with Crippen molar-refractivity contribution in [2.24, 2.45) is 11.8 Å². The topological polar surface area (TPSA) is 82.6 Å². The Labute approximate surface area is 211 Å². The minimum absolute atomic E-state index is 0.113. The van der Waals surface area contributed by atoms with Gasteiger partial charge in [-0.3, -0.25) is 19.5 Å². The molecule has 4 rings (SSSR count). The van der Waals surface area contributed by atoms with E-state index < -0.39 is 23.3 Å². The molecule has 190 valence electrons. The zero-order valence-corrected chi connectivity index (χ0v) is 20.8. The number of benzene rings is 1. The zero-order chi connectivity index (χ0) is 25.7. The molecule has 36 heavy (non-hydrogen) atoms. The molecule has 3 heterocycles. The predicted molar refractivity (Wildman–Crippen MR) is 135 cm³/mol. The average Bonchev–Trinajstić information content (AvgIpc) is 3.13. The van der Waals surface area contributed by atoms with Gasteiger partial charge in [-0.05, 0) is 61.3 Å². The number of hydrogen-bond acceptors (Lipinski definition) is 4. The van der Waals surface area contributed by atoms with Crippen LogP contribution in [0.3, 0.4) is 0 Å². The number of rotatable bonds is 8. The predicted octanol–water partition coefficient (Wildman–Crippen LogP) is 4.56. The number of hydrogen-bond donors (Lipinski definition) is 1. The van der Waals surface area contributed by atoms with Gasteiger partial charge in [0.15, 0.2) is 5.83 Å². The van der Waals surface area contributed by atoms with Gasteiger partial charge >= 0.3 is 6.03 Å². The Morgan fingerprint density at radius 1 is 1.14 bits per heavy atom. The molecule has 0 spiro atoms. The van der Waals surface area contributed by atoms with Crippen LogP contribution < -0.4 is 5.32 Å². The highest BCUT2D eigenvalue weighted by Crippen LogP contribution is 2.38. The number of carbonyl (C=O) groups is 3. The van der Waals surface area contributed by atoms with Crippen molar-refractivity contribution in [3.8, 4) is 0 Å². The van der Waals surface area contributed by atoms with Gasteiger partial charge in [0.05, 0.1) is 12.2 Å². The lowest BCUT2D eigenvalue weighted by Crippen LogP contribution is -2.56. The molecule has 7 nitrogen and oxygen atoms in total. The number of amides is 4. The summed E-state index contributed by atoms with van der Waals surface area (Å²) >= 11 is 0. The molecular formula is C28H33FN4O3. The van der Waals surface area contributed by atoms with E-state index in [-0.39, 0.29) is 18.4 Å². The number of likely N-dealkylation sites (tertiary alicyclic amines) is 1. The first kappa shape index (κ1) is 25.5. The molecule has 0 bridgehead atoms. The number of nitrogens with one attached hydrogen (secondary N) is 1. The number of halogens is 1. The first-order valence-corrected chi connectivity index (χ1v) is 12.6. The summed E-state index contributed by atoms with van der Waals surface area (Å²) < 4.78 is 14.7. The number of aromatic nitrogens is 1. The first-order valence-electron chi connectivity index (χ1n) is 12.6. The highest BCUT2D eigenvalue weighted by molar-refractivity contribution is 6.07. The van der Waals surface area contributed by atoms with Crippen LogP contribution in [0.2, 0.25) is 0 Å². The van der Waals surface area contributed by atoms with Gasteiger partial charge in [0.2, 0.25) is 0 Å². The molecule has 1 atom stereocenters. The summed E-state index contributed by atoms with van der Waals surface area (Å²) in [7, 11) is 0. The SMILES string of the molecule is CC(C)CCC1(C2CCN(C(=O)/C(F)=C/c3ccccc3)CC2)NC(=O)N(Cc2ccccn2)C1=O. The largest absolute Gasteiger partial charge is 0.337 e. The molecule has 0 radical (unpaired) electrons. The third kappa shape index (κ3) is 5.48. The van der Waals surface area contributed by atoms with E-state index in [1.165, 1.54) is 15.9 Å². The van der Waals surface area contributed by atoms with Crippen LogP contribution in [0.4, 0.5) is 9.18 Å². The molecule has 2 saturated heterocycles. The van der Waals surface area contributed by atoms with Gasteiger partial charge in [0.25, 0.3) is 11.8 Å². The molecular weight excluding hydrogens is 459 g/mol. The van der Waals surface area contributed by atoms with Crippen LogP contribution in [0.25, 0.3) is 6.08 Å². The molecule has 1 unspecified atom stereocenters. The third-order valence-corrected chi connectivity index (χ3v) is 7.14. The van der Waals surface area contributed by atoms with Crippen LogP contribution in [-0.4, -0.2) is 51.3 Å². The normalized spacial score (nSPS) is 21.3. The van der Waals surface area contributed by atoms with E-state index in [0.29, 0.717) is 49.5 Å². The highest BCUT2D eigenvalue weighted by Gasteiger charge is 2.55. The maximum atomic E-state index is 14.7. The fraction of sp³-hybridized carbons (Fsp3) is 0.429. The van der Waals surface area contributed by atoms with Crippen molar-refractivity contribution in [1.29, 1.82) is 0 Å². The number of piperidine rings is 1. The minimum atomic E-state index is -1.02. The number of urea groups is 1. The Morgan fingerprint density at radius 3 is 2.47 bits per heavy atom. The van der Waals surface area contributed by atoms with Crippen LogP contribution in [-0.2, 0) is 16.1 Å². The van der Waals surface area contributed by atoms with Gasteiger partial charge in [-0.15, -0.1) is 0 Å². The lowest BCUT2D eigenvalue weighted by atomic mass is 9.74. The summed E-state index contributed by atoms with van der Waals surface area (Å²) in [4.78, 5) is 46.5. The molecule has 1 N–H and O–H groups in total. The number of imide groups is 1. The van der Waals surface area contributed by atoms with Gasteiger partial charge in [0.1, 0.15) is 5.54 Å². The number of pyridine rings is 1. The quantitative estimate of drug-likeness (QED) is 0.433. The van der Waals surface area contributed by atoms with E-state index in [1.54, 1.807) is 42.6 Å². The van der Waals surface area contributed by atoms with Gasteiger partial charge in [-0.2, -0.15) is 0 Å². The fourth-order valence-corrected chi connectivity index (χ4v) is 5.09. The van der Waals surface area contributed by atoms with Crippen molar-refractivity contribution < 1.29 is 18.8 Å². The van der Waals surface area contributed by atoms with Gasteiger partial charge in [0, 0.05) is 19.3 Å². The molecule has 2 aliphatic rings. The Kier molecular flexibility index (Phi) is 7.82. The highest BCUT2D eigenvalue weighted by atomic mass is 19.1. The smallest absolute Gasteiger partial charge is 0.325 e. The van der Waals surface area contributed by atoms with Gasteiger partial charge in [-0.25, -0.2) is 9.18 Å². The summed E-state index contributed by atoms with van der Waals surface area (Å²) in [5.74, 6) is -1.48. The van der Waals surface area contributed by atoms with Crippen LogP contribution in [0.1, 0.15) is 50.8 Å². The Bertz CT molecular complexity index is 1110. The van der Waals surface area contributed by atoms with Crippen LogP contribution in [0.5, 0.6) is 0 Å². The summed E-state index contributed by atoms with van der Waals surface area (Å²) in [5.41, 5.74) is 0.240. The van der Waals surface area contributed by atoms with Crippen LogP contribution in [0, 0.1) is 11.8 Å². The first-order chi connectivity index (χ1) is 17.3. The van der Waals surface area contributed by atoms with Crippen LogP contribution in [0.15, 0.2) is 60.6 Å². The van der Waals surface area contributed by atoms with E-state index >= 15 is 0 Å². The van der Waals surface area contributed by atoms with Crippen molar-refractivity contribution in [2.75, 3.05) is 13.1 Å². The molecule has 0 aliphatic carbocycles. The van der Waals surface area contributed by atoms with E-state index in [1.807, 2.05) is 12.1 Å². The van der Waals surface area contributed by atoms with Crippen molar-refractivity contribution >= 4 is 23.9 Å². The van der Waals surface area contributed by atoms with Crippen molar-refractivity contribution in [1.82, 2.24) is 20.1 Å². The Morgan fingerprint density at radius 2 is 1.83 bits per heavy atom. The lowest BCUT2D eigenvalue weighted by molar-refractivity contribution is -0.136. The maximum Gasteiger partial charge on any atom is 0.325 e.